The van der Waals surface area contributed by atoms with Crippen molar-refractivity contribution in [1.29, 1.82) is 0 Å². The molecule has 1 heterocycles. The molecule has 1 fully saturated rings. The van der Waals surface area contributed by atoms with E-state index in [1.54, 1.807) is 12.1 Å². The summed E-state index contributed by atoms with van der Waals surface area (Å²) in [5.41, 5.74) is 7.37. The Morgan fingerprint density at radius 2 is 1.21 bits per heavy atom. The van der Waals surface area contributed by atoms with Gasteiger partial charge >= 0.3 is 6.18 Å². The van der Waals surface area contributed by atoms with Gasteiger partial charge in [0.05, 0.1) is 5.56 Å². The van der Waals surface area contributed by atoms with Crippen molar-refractivity contribution < 1.29 is 13.2 Å². The summed E-state index contributed by atoms with van der Waals surface area (Å²) in [5, 5.41) is 0. The molecule has 170 valence electrons. The lowest BCUT2D eigenvalue weighted by Crippen LogP contribution is -2.31. The van der Waals surface area contributed by atoms with Crippen LogP contribution in [0.1, 0.15) is 46.2 Å². The molecule has 0 atom stereocenters. The van der Waals surface area contributed by atoms with E-state index < -0.39 is 11.7 Å². The van der Waals surface area contributed by atoms with Gasteiger partial charge in [-0.25, -0.2) is 0 Å². The van der Waals surface area contributed by atoms with Crippen LogP contribution in [0.2, 0.25) is 0 Å². The molecule has 5 heteroatoms. The number of fused-ring (bicyclic) bond motifs is 2. The first-order valence-corrected chi connectivity index (χ1v) is 11.0. The summed E-state index contributed by atoms with van der Waals surface area (Å²) in [6.45, 7) is 1.83. The van der Waals surface area contributed by atoms with E-state index in [0.717, 1.165) is 25.9 Å². The first kappa shape index (κ1) is 23.3. The molecule has 5 rings (SSSR count). The van der Waals surface area contributed by atoms with E-state index in [-0.39, 0.29) is 12.4 Å². The zero-order chi connectivity index (χ0) is 22.1. The number of likely N-dealkylation sites (tertiary alicyclic amines) is 1. The van der Waals surface area contributed by atoms with Gasteiger partial charge in [0.25, 0.3) is 0 Å². The highest BCUT2D eigenvalue weighted by molar-refractivity contribution is 5.94. The minimum absolute atomic E-state index is 0. The maximum Gasteiger partial charge on any atom is 0.416 e. The monoisotopic (exact) mass is 467 g/mol. The summed E-state index contributed by atoms with van der Waals surface area (Å²) in [6, 6.07) is 22.8. The van der Waals surface area contributed by atoms with Gasteiger partial charge in [-0.3, -0.25) is 4.90 Å². The standard InChI is InChI=1S/C28H24F3N.ClH/c29-28(30,31)26-12-6-3-9-23(26)19-32-17-15-22(16-18-32)27-24-10-4-1-7-20(24)13-14-21-8-2-5-11-25(21)27;/h1-14H,15-19H2;1H. The average Bonchev–Trinajstić information content (AvgIpc) is 2.96. The maximum absolute atomic E-state index is 13.4. The molecule has 3 aromatic rings. The third kappa shape index (κ3) is 4.78. The summed E-state index contributed by atoms with van der Waals surface area (Å²) >= 11 is 0. The topological polar surface area (TPSA) is 3.24 Å². The number of benzene rings is 3. The average molecular weight is 468 g/mol. The second-order valence-corrected chi connectivity index (χ2v) is 8.42. The van der Waals surface area contributed by atoms with Crippen molar-refractivity contribution in [3.8, 4) is 0 Å². The third-order valence-corrected chi connectivity index (χ3v) is 6.43. The Labute approximate surface area is 198 Å². The highest BCUT2D eigenvalue weighted by Gasteiger charge is 2.33. The summed E-state index contributed by atoms with van der Waals surface area (Å²) in [7, 11) is 0. The number of nitrogens with zero attached hydrogens (tertiary/aromatic N) is 1. The molecule has 0 N–H and O–H groups in total. The van der Waals surface area contributed by atoms with E-state index in [1.165, 1.54) is 45.5 Å². The van der Waals surface area contributed by atoms with Crippen molar-refractivity contribution in [2.45, 2.75) is 25.6 Å². The van der Waals surface area contributed by atoms with Crippen LogP contribution in [0.4, 0.5) is 13.2 Å². The molecule has 0 radical (unpaired) electrons. The van der Waals surface area contributed by atoms with Crippen molar-refractivity contribution in [3.63, 3.8) is 0 Å². The van der Waals surface area contributed by atoms with Crippen LogP contribution in [0.15, 0.2) is 78.4 Å². The van der Waals surface area contributed by atoms with Gasteiger partial charge < -0.3 is 0 Å². The Bertz CT molecular complexity index is 1150. The number of halogens is 4. The summed E-state index contributed by atoms with van der Waals surface area (Å²) < 4.78 is 40.2. The van der Waals surface area contributed by atoms with Gasteiger partial charge in [0.15, 0.2) is 0 Å². The van der Waals surface area contributed by atoms with Crippen LogP contribution in [-0.2, 0) is 12.7 Å². The fourth-order valence-electron chi connectivity index (χ4n) is 4.85. The van der Waals surface area contributed by atoms with Crippen LogP contribution in [0.3, 0.4) is 0 Å². The van der Waals surface area contributed by atoms with Gasteiger partial charge in [-0.2, -0.15) is 13.2 Å². The van der Waals surface area contributed by atoms with Crippen LogP contribution < -0.4 is 0 Å². The van der Waals surface area contributed by atoms with Crippen LogP contribution in [-0.4, -0.2) is 18.0 Å². The molecule has 0 saturated carbocycles. The summed E-state index contributed by atoms with van der Waals surface area (Å²) in [4.78, 5) is 2.14. The second-order valence-electron chi connectivity index (χ2n) is 8.42. The lowest BCUT2D eigenvalue weighted by atomic mass is 9.86. The molecule has 0 amide bonds. The second kappa shape index (κ2) is 9.58. The van der Waals surface area contributed by atoms with Crippen LogP contribution in [0, 0.1) is 0 Å². The van der Waals surface area contributed by atoms with E-state index in [2.05, 4.69) is 65.6 Å². The lowest BCUT2D eigenvalue weighted by Gasteiger charge is -2.31. The van der Waals surface area contributed by atoms with Crippen LogP contribution in [0.25, 0.3) is 17.7 Å². The number of hydrogen-bond donors (Lipinski definition) is 0. The molecule has 0 bridgehead atoms. The zero-order valence-electron chi connectivity index (χ0n) is 18.1. The fraction of sp³-hybridized carbons (Fsp3) is 0.214. The van der Waals surface area contributed by atoms with Gasteiger partial charge in [-0.1, -0.05) is 84.5 Å². The first-order valence-electron chi connectivity index (χ1n) is 11.0. The number of alkyl halides is 3. The predicted molar refractivity (Wildman–Crippen MR) is 131 cm³/mol. The molecule has 1 saturated heterocycles. The Balaban J connectivity index is 0.00000259. The number of rotatable bonds is 2. The van der Waals surface area contributed by atoms with Crippen LogP contribution in [0.5, 0.6) is 0 Å². The van der Waals surface area contributed by atoms with Crippen molar-refractivity contribution in [1.82, 2.24) is 4.90 Å². The smallest absolute Gasteiger partial charge is 0.298 e. The molecule has 1 aliphatic carbocycles. The maximum atomic E-state index is 13.4. The van der Waals surface area contributed by atoms with Crippen molar-refractivity contribution in [2.75, 3.05) is 13.1 Å². The van der Waals surface area contributed by atoms with E-state index >= 15 is 0 Å². The molecule has 33 heavy (non-hydrogen) atoms. The van der Waals surface area contributed by atoms with Gasteiger partial charge in [-0.15, -0.1) is 12.4 Å². The third-order valence-electron chi connectivity index (χ3n) is 6.43. The molecule has 0 spiro atoms. The minimum atomic E-state index is -4.32. The Morgan fingerprint density at radius 1 is 0.697 bits per heavy atom. The van der Waals surface area contributed by atoms with E-state index in [1.807, 2.05) is 0 Å². The largest absolute Gasteiger partial charge is 0.416 e. The van der Waals surface area contributed by atoms with E-state index in [0.29, 0.717) is 12.1 Å². The summed E-state index contributed by atoms with van der Waals surface area (Å²) in [5.74, 6) is 0. The fourth-order valence-corrected chi connectivity index (χ4v) is 4.85. The van der Waals surface area contributed by atoms with Gasteiger partial charge in [0.2, 0.25) is 0 Å². The SMILES string of the molecule is Cl.FC(F)(F)c1ccccc1CN1CCC(=C2c3ccccc3C=Cc3ccccc32)CC1. The zero-order valence-corrected chi connectivity index (χ0v) is 18.9. The Hall–Kier alpha value is -2.82. The highest BCUT2D eigenvalue weighted by atomic mass is 35.5. The predicted octanol–water partition coefficient (Wildman–Crippen LogP) is 7.71. The van der Waals surface area contributed by atoms with Gasteiger partial charge in [0.1, 0.15) is 0 Å². The van der Waals surface area contributed by atoms with Crippen molar-refractivity contribution >= 4 is 30.1 Å². The number of piperidine rings is 1. The lowest BCUT2D eigenvalue weighted by molar-refractivity contribution is -0.138. The van der Waals surface area contributed by atoms with Gasteiger partial charge in [-0.05, 0) is 52.3 Å². The van der Waals surface area contributed by atoms with Crippen LogP contribution >= 0.6 is 12.4 Å². The Morgan fingerprint density at radius 3 is 1.79 bits per heavy atom. The number of hydrogen-bond acceptors (Lipinski definition) is 1. The summed E-state index contributed by atoms with van der Waals surface area (Å²) in [6.07, 6.45) is 1.73. The molecule has 2 aliphatic rings. The highest BCUT2D eigenvalue weighted by Crippen LogP contribution is 2.39. The van der Waals surface area contributed by atoms with E-state index in [4.69, 9.17) is 0 Å². The van der Waals surface area contributed by atoms with E-state index in [9.17, 15) is 13.2 Å². The van der Waals surface area contributed by atoms with Crippen molar-refractivity contribution in [2.24, 2.45) is 0 Å². The molecule has 1 aliphatic heterocycles. The quantitative estimate of drug-likeness (QED) is 0.292. The molecular weight excluding hydrogens is 443 g/mol. The molecule has 3 aromatic carbocycles. The van der Waals surface area contributed by atoms with Gasteiger partial charge in [0, 0.05) is 19.6 Å². The molecule has 0 aromatic heterocycles. The Kier molecular flexibility index (Phi) is 6.78. The first-order chi connectivity index (χ1) is 15.5. The van der Waals surface area contributed by atoms with Crippen molar-refractivity contribution in [3.05, 3.63) is 112 Å². The molecule has 1 nitrogen and oxygen atoms in total. The minimum Gasteiger partial charge on any atom is -0.298 e. The molecule has 0 unspecified atom stereocenters. The molecular formula is C28H25ClF3N. The normalized spacial score (nSPS) is 16.0.